The van der Waals surface area contributed by atoms with E-state index in [-0.39, 0.29) is 6.10 Å². The maximum atomic E-state index is 12.4. The van der Waals surface area contributed by atoms with E-state index in [1.54, 1.807) is 17.0 Å². The summed E-state index contributed by atoms with van der Waals surface area (Å²) in [5.74, 6) is -0.418. The summed E-state index contributed by atoms with van der Waals surface area (Å²) in [6.45, 7) is 1.21. The standard InChI is InChI=1S/C16H16ClN3O3/c17-12-3-1-2-11(8-12)15-14(9-18-19-15)16(22)23-13-4-6-20(10-21)7-5-13/h1-3,8-10,13H,4-7H2,(H,18,19). The Morgan fingerprint density at radius 2 is 2.17 bits per heavy atom. The van der Waals surface area contributed by atoms with E-state index in [1.807, 2.05) is 12.1 Å². The van der Waals surface area contributed by atoms with Crippen molar-refractivity contribution < 1.29 is 14.3 Å². The summed E-state index contributed by atoms with van der Waals surface area (Å²) >= 11 is 5.99. The van der Waals surface area contributed by atoms with Crippen LogP contribution in [0.5, 0.6) is 0 Å². The normalized spacial score (nSPS) is 15.4. The first-order valence-corrected chi connectivity index (χ1v) is 7.75. The number of carbonyl (C=O) groups is 2. The van der Waals surface area contributed by atoms with Gasteiger partial charge in [0.2, 0.25) is 6.41 Å². The summed E-state index contributed by atoms with van der Waals surface area (Å²) in [7, 11) is 0. The lowest BCUT2D eigenvalue weighted by Gasteiger charge is -2.28. The molecular formula is C16H16ClN3O3. The van der Waals surface area contributed by atoms with E-state index in [1.165, 1.54) is 6.20 Å². The number of likely N-dealkylation sites (tertiary alicyclic amines) is 1. The molecule has 0 radical (unpaired) electrons. The molecule has 1 amide bonds. The fourth-order valence-electron chi connectivity index (χ4n) is 2.62. The zero-order valence-corrected chi connectivity index (χ0v) is 13.1. The third-order valence-corrected chi connectivity index (χ3v) is 4.11. The number of aromatic amines is 1. The van der Waals surface area contributed by atoms with Crippen molar-refractivity contribution in [1.82, 2.24) is 15.1 Å². The van der Waals surface area contributed by atoms with Gasteiger partial charge in [0.15, 0.2) is 0 Å². The molecule has 2 aromatic rings. The van der Waals surface area contributed by atoms with Crippen LogP contribution in [0.4, 0.5) is 0 Å². The maximum Gasteiger partial charge on any atom is 0.342 e. The van der Waals surface area contributed by atoms with E-state index in [0.29, 0.717) is 42.2 Å². The van der Waals surface area contributed by atoms with Gasteiger partial charge >= 0.3 is 5.97 Å². The summed E-state index contributed by atoms with van der Waals surface area (Å²) in [5, 5.41) is 7.34. The minimum Gasteiger partial charge on any atom is -0.459 e. The van der Waals surface area contributed by atoms with E-state index in [2.05, 4.69) is 10.2 Å². The van der Waals surface area contributed by atoms with Crippen LogP contribution >= 0.6 is 11.6 Å². The van der Waals surface area contributed by atoms with Crippen LogP contribution in [0.15, 0.2) is 30.5 Å². The monoisotopic (exact) mass is 333 g/mol. The molecule has 0 aliphatic carbocycles. The fraction of sp³-hybridized carbons (Fsp3) is 0.312. The van der Waals surface area contributed by atoms with Gasteiger partial charge in [-0.3, -0.25) is 9.89 Å². The lowest BCUT2D eigenvalue weighted by molar-refractivity contribution is -0.120. The van der Waals surface area contributed by atoms with Gasteiger partial charge in [0.1, 0.15) is 11.7 Å². The number of amides is 1. The number of benzene rings is 1. The van der Waals surface area contributed by atoms with Gasteiger partial charge in [-0.2, -0.15) is 5.10 Å². The van der Waals surface area contributed by atoms with Crippen molar-refractivity contribution in [1.29, 1.82) is 0 Å². The number of ether oxygens (including phenoxy) is 1. The van der Waals surface area contributed by atoms with Crippen LogP contribution in [-0.2, 0) is 9.53 Å². The molecule has 1 aliphatic rings. The van der Waals surface area contributed by atoms with Crippen molar-refractivity contribution in [2.24, 2.45) is 0 Å². The smallest absolute Gasteiger partial charge is 0.342 e. The van der Waals surface area contributed by atoms with E-state index in [9.17, 15) is 9.59 Å². The number of nitrogens with zero attached hydrogens (tertiary/aromatic N) is 2. The molecule has 7 heteroatoms. The largest absolute Gasteiger partial charge is 0.459 e. The molecular weight excluding hydrogens is 318 g/mol. The number of aromatic nitrogens is 2. The molecule has 23 heavy (non-hydrogen) atoms. The topological polar surface area (TPSA) is 75.3 Å². The lowest BCUT2D eigenvalue weighted by Crippen LogP contribution is -2.36. The zero-order chi connectivity index (χ0) is 16.2. The molecule has 0 atom stereocenters. The Hall–Kier alpha value is -2.34. The molecule has 0 unspecified atom stereocenters. The number of hydrogen-bond acceptors (Lipinski definition) is 4. The number of H-pyrrole nitrogens is 1. The number of piperidine rings is 1. The molecule has 0 spiro atoms. The Balaban J connectivity index is 1.72. The summed E-state index contributed by atoms with van der Waals surface area (Å²) in [6.07, 6.45) is 3.40. The highest BCUT2D eigenvalue weighted by Gasteiger charge is 2.24. The van der Waals surface area contributed by atoms with Gasteiger partial charge in [-0.1, -0.05) is 23.7 Å². The van der Waals surface area contributed by atoms with Crippen molar-refractivity contribution in [3.63, 3.8) is 0 Å². The zero-order valence-electron chi connectivity index (χ0n) is 12.4. The second-order valence-corrected chi connectivity index (χ2v) is 5.85. The van der Waals surface area contributed by atoms with Gasteiger partial charge in [0.25, 0.3) is 0 Å². The van der Waals surface area contributed by atoms with Crippen molar-refractivity contribution >= 4 is 24.0 Å². The molecule has 1 saturated heterocycles. The first-order valence-electron chi connectivity index (χ1n) is 7.37. The third kappa shape index (κ3) is 3.53. The summed E-state index contributed by atoms with van der Waals surface area (Å²) in [4.78, 5) is 24.8. The maximum absolute atomic E-state index is 12.4. The molecule has 1 N–H and O–H groups in total. The Labute approximate surface area is 138 Å². The van der Waals surface area contributed by atoms with Gasteiger partial charge in [-0.05, 0) is 12.1 Å². The van der Waals surface area contributed by atoms with Crippen molar-refractivity contribution in [3.05, 3.63) is 41.0 Å². The van der Waals surface area contributed by atoms with Crippen molar-refractivity contribution in [2.45, 2.75) is 18.9 Å². The first-order chi connectivity index (χ1) is 11.2. The molecule has 120 valence electrons. The Bertz CT molecular complexity index is 708. The van der Waals surface area contributed by atoms with Crippen LogP contribution in [0.2, 0.25) is 5.02 Å². The number of esters is 1. The average molecular weight is 334 g/mol. The molecule has 1 aliphatic heterocycles. The van der Waals surface area contributed by atoms with Crippen molar-refractivity contribution in [3.8, 4) is 11.3 Å². The second-order valence-electron chi connectivity index (χ2n) is 5.42. The first kappa shape index (κ1) is 15.6. The summed E-state index contributed by atoms with van der Waals surface area (Å²) < 4.78 is 5.55. The average Bonchev–Trinajstić information content (AvgIpc) is 3.05. The van der Waals surface area contributed by atoms with Crippen LogP contribution in [0, 0.1) is 0 Å². The number of hydrogen-bond donors (Lipinski definition) is 1. The molecule has 0 saturated carbocycles. The third-order valence-electron chi connectivity index (χ3n) is 3.87. The predicted octanol–water partition coefficient (Wildman–Crippen LogP) is 2.51. The Morgan fingerprint density at radius 1 is 1.39 bits per heavy atom. The van der Waals surface area contributed by atoms with Crippen LogP contribution < -0.4 is 0 Å². The number of halogens is 1. The molecule has 6 nitrogen and oxygen atoms in total. The molecule has 1 fully saturated rings. The Kier molecular flexibility index (Phi) is 4.62. The quantitative estimate of drug-likeness (QED) is 0.689. The molecule has 1 aromatic carbocycles. The van der Waals surface area contributed by atoms with E-state index < -0.39 is 5.97 Å². The SMILES string of the molecule is O=CN1CCC(OC(=O)c2cn[nH]c2-c2cccc(Cl)c2)CC1. The van der Waals surface area contributed by atoms with E-state index in [4.69, 9.17) is 16.3 Å². The molecule has 0 bridgehead atoms. The van der Waals surface area contributed by atoms with E-state index >= 15 is 0 Å². The van der Waals surface area contributed by atoms with Gasteiger partial charge in [0.05, 0.1) is 11.9 Å². The molecule has 3 rings (SSSR count). The van der Waals surface area contributed by atoms with Gasteiger partial charge in [-0.25, -0.2) is 4.79 Å². The summed E-state index contributed by atoms with van der Waals surface area (Å²) in [5.41, 5.74) is 1.74. The number of nitrogens with one attached hydrogen (secondary N) is 1. The van der Waals surface area contributed by atoms with E-state index in [0.717, 1.165) is 12.0 Å². The van der Waals surface area contributed by atoms with Crippen LogP contribution in [0.1, 0.15) is 23.2 Å². The Morgan fingerprint density at radius 3 is 2.87 bits per heavy atom. The highest BCUT2D eigenvalue weighted by molar-refractivity contribution is 6.30. The highest BCUT2D eigenvalue weighted by Crippen LogP contribution is 2.25. The van der Waals surface area contributed by atoms with Gasteiger partial charge in [0, 0.05) is 36.5 Å². The predicted molar refractivity (Wildman–Crippen MR) is 85.1 cm³/mol. The van der Waals surface area contributed by atoms with Crippen molar-refractivity contribution in [2.75, 3.05) is 13.1 Å². The molecule has 1 aromatic heterocycles. The molecule has 2 heterocycles. The number of rotatable bonds is 4. The summed E-state index contributed by atoms with van der Waals surface area (Å²) in [6, 6.07) is 7.18. The van der Waals surface area contributed by atoms with Crippen LogP contribution in [-0.4, -0.2) is 46.7 Å². The minimum absolute atomic E-state index is 0.180. The fourth-order valence-corrected chi connectivity index (χ4v) is 2.81. The minimum atomic E-state index is -0.418. The second kappa shape index (κ2) is 6.83. The number of carbonyl (C=O) groups excluding carboxylic acids is 2. The van der Waals surface area contributed by atoms with Gasteiger partial charge < -0.3 is 9.64 Å². The lowest BCUT2D eigenvalue weighted by atomic mass is 10.1. The van der Waals surface area contributed by atoms with Crippen LogP contribution in [0.3, 0.4) is 0 Å². The highest BCUT2D eigenvalue weighted by atomic mass is 35.5. The van der Waals surface area contributed by atoms with Crippen LogP contribution in [0.25, 0.3) is 11.3 Å². The van der Waals surface area contributed by atoms with Gasteiger partial charge in [-0.15, -0.1) is 0 Å².